The van der Waals surface area contributed by atoms with Crippen LogP contribution in [0.15, 0.2) is 34.9 Å². The molecule has 0 bridgehead atoms. The third-order valence-electron chi connectivity index (χ3n) is 4.05. The van der Waals surface area contributed by atoms with Gasteiger partial charge >= 0.3 is 0 Å². The number of nitrogens with zero attached hydrogens (tertiary/aromatic N) is 2. The van der Waals surface area contributed by atoms with Crippen LogP contribution in [0.3, 0.4) is 0 Å². The van der Waals surface area contributed by atoms with Gasteiger partial charge in [0.15, 0.2) is 15.7 Å². The van der Waals surface area contributed by atoms with Gasteiger partial charge in [0.2, 0.25) is 5.89 Å². The average molecular weight is 306 g/mol. The fourth-order valence-corrected chi connectivity index (χ4v) is 3.69. The van der Waals surface area contributed by atoms with E-state index in [1.807, 2.05) is 18.2 Å². The minimum atomic E-state index is -3.16. The first-order valence-corrected chi connectivity index (χ1v) is 9.12. The van der Waals surface area contributed by atoms with Crippen LogP contribution in [-0.2, 0) is 21.0 Å². The van der Waals surface area contributed by atoms with E-state index in [4.69, 9.17) is 4.52 Å². The van der Waals surface area contributed by atoms with Gasteiger partial charge in [0, 0.05) is 6.26 Å². The van der Waals surface area contributed by atoms with E-state index in [1.54, 1.807) is 0 Å². The van der Waals surface area contributed by atoms with Gasteiger partial charge in [0.1, 0.15) is 5.75 Å². The third-order valence-corrected chi connectivity index (χ3v) is 4.83. The molecule has 3 rings (SSSR count). The number of hydrogen-bond donors (Lipinski definition) is 0. The Labute approximate surface area is 124 Å². The highest BCUT2D eigenvalue weighted by Crippen LogP contribution is 2.45. The molecule has 0 unspecified atom stereocenters. The molecule has 6 heteroatoms. The fraction of sp³-hybridized carbons (Fsp3) is 0.467. The topological polar surface area (TPSA) is 73.1 Å². The molecule has 1 fully saturated rings. The third kappa shape index (κ3) is 2.85. The van der Waals surface area contributed by atoms with Gasteiger partial charge < -0.3 is 4.52 Å². The van der Waals surface area contributed by atoms with Gasteiger partial charge in [-0.3, -0.25) is 0 Å². The smallest absolute Gasteiger partial charge is 0.237 e. The van der Waals surface area contributed by atoms with Crippen LogP contribution in [0.1, 0.15) is 43.0 Å². The van der Waals surface area contributed by atoms with Crippen molar-refractivity contribution in [2.24, 2.45) is 0 Å². The Bertz CT molecular complexity index is 716. The first-order valence-electron chi connectivity index (χ1n) is 7.06. The fourth-order valence-electron chi connectivity index (χ4n) is 3.10. The molecule has 1 aromatic carbocycles. The molecule has 112 valence electrons. The maximum Gasteiger partial charge on any atom is 0.237 e. The van der Waals surface area contributed by atoms with Crippen LogP contribution in [0.2, 0.25) is 0 Å². The molecule has 2 aromatic rings. The summed E-state index contributed by atoms with van der Waals surface area (Å²) in [7, 11) is -3.16. The lowest BCUT2D eigenvalue weighted by atomic mass is 9.79. The predicted octanol–water partition coefficient (Wildman–Crippen LogP) is 2.47. The van der Waals surface area contributed by atoms with Crippen molar-refractivity contribution in [3.05, 3.63) is 47.6 Å². The molecule has 1 aliphatic carbocycles. The molecule has 0 atom stereocenters. The molecule has 0 radical (unpaired) electrons. The minimum Gasteiger partial charge on any atom is -0.338 e. The highest BCUT2D eigenvalue weighted by atomic mass is 32.2. The van der Waals surface area contributed by atoms with Crippen LogP contribution >= 0.6 is 0 Å². The van der Waals surface area contributed by atoms with Crippen LogP contribution in [0.25, 0.3) is 0 Å². The molecule has 0 N–H and O–H groups in total. The van der Waals surface area contributed by atoms with Crippen LogP contribution in [0.4, 0.5) is 0 Å². The van der Waals surface area contributed by atoms with E-state index >= 15 is 0 Å². The lowest BCUT2D eigenvalue weighted by molar-refractivity contribution is 0.309. The van der Waals surface area contributed by atoms with Crippen molar-refractivity contribution in [2.45, 2.75) is 36.9 Å². The zero-order valence-electron chi connectivity index (χ0n) is 11.9. The van der Waals surface area contributed by atoms with Crippen molar-refractivity contribution >= 4 is 9.84 Å². The maximum atomic E-state index is 11.4. The summed E-state index contributed by atoms with van der Waals surface area (Å²) in [6.45, 7) is 0. The van der Waals surface area contributed by atoms with Gasteiger partial charge in [-0.1, -0.05) is 48.3 Å². The highest BCUT2D eigenvalue weighted by molar-refractivity contribution is 7.89. The monoisotopic (exact) mass is 306 g/mol. The maximum absolute atomic E-state index is 11.4. The number of sulfone groups is 1. The Kier molecular flexibility index (Phi) is 3.57. The van der Waals surface area contributed by atoms with Crippen molar-refractivity contribution in [1.29, 1.82) is 0 Å². The standard InChI is InChI=1S/C15H18N2O3S/c1-21(18,19)11-13-16-14(20-17-13)15(9-5-6-10-15)12-7-3-2-4-8-12/h2-4,7-8H,5-6,9-11H2,1H3. The average Bonchev–Trinajstić information content (AvgIpc) is 3.07. The van der Waals surface area contributed by atoms with Gasteiger partial charge in [-0.25, -0.2) is 8.42 Å². The highest BCUT2D eigenvalue weighted by Gasteiger charge is 2.42. The number of aromatic nitrogens is 2. The van der Waals surface area contributed by atoms with E-state index in [2.05, 4.69) is 22.3 Å². The molecule has 1 aromatic heterocycles. The molecule has 1 aliphatic rings. The molecule has 0 amide bonds. The molecule has 1 saturated carbocycles. The SMILES string of the molecule is CS(=O)(=O)Cc1noc(C2(c3ccccc3)CCCC2)n1. The molecule has 0 aliphatic heterocycles. The van der Waals surface area contributed by atoms with Crippen molar-refractivity contribution in [3.8, 4) is 0 Å². The number of rotatable bonds is 4. The van der Waals surface area contributed by atoms with E-state index in [0.717, 1.165) is 31.2 Å². The van der Waals surface area contributed by atoms with Gasteiger partial charge in [0.25, 0.3) is 0 Å². The Morgan fingerprint density at radius 1 is 1.19 bits per heavy atom. The Hall–Kier alpha value is -1.69. The second-order valence-corrected chi connectivity index (χ2v) is 7.88. The Morgan fingerprint density at radius 3 is 2.48 bits per heavy atom. The minimum absolute atomic E-state index is 0.179. The van der Waals surface area contributed by atoms with Crippen molar-refractivity contribution < 1.29 is 12.9 Å². The summed E-state index contributed by atoms with van der Waals surface area (Å²) >= 11 is 0. The zero-order valence-corrected chi connectivity index (χ0v) is 12.8. The van der Waals surface area contributed by atoms with Crippen molar-refractivity contribution in [1.82, 2.24) is 10.1 Å². The lowest BCUT2D eigenvalue weighted by Gasteiger charge is -2.25. The second-order valence-electron chi connectivity index (χ2n) is 5.74. The predicted molar refractivity (Wildman–Crippen MR) is 78.5 cm³/mol. The van der Waals surface area contributed by atoms with Crippen LogP contribution in [0, 0.1) is 0 Å². The van der Waals surface area contributed by atoms with E-state index in [1.165, 1.54) is 6.26 Å². The molecular weight excluding hydrogens is 288 g/mol. The molecule has 5 nitrogen and oxygen atoms in total. The quantitative estimate of drug-likeness (QED) is 0.867. The van der Waals surface area contributed by atoms with E-state index < -0.39 is 9.84 Å². The summed E-state index contributed by atoms with van der Waals surface area (Å²) in [5.74, 6) is 0.612. The molecule has 21 heavy (non-hydrogen) atoms. The van der Waals surface area contributed by atoms with Crippen molar-refractivity contribution in [2.75, 3.05) is 6.26 Å². The van der Waals surface area contributed by atoms with Crippen LogP contribution < -0.4 is 0 Å². The second kappa shape index (κ2) is 5.26. The Balaban J connectivity index is 1.99. The Morgan fingerprint density at radius 2 is 1.86 bits per heavy atom. The molecule has 0 saturated heterocycles. The number of hydrogen-bond acceptors (Lipinski definition) is 5. The summed E-state index contributed by atoms with van der Waals surface area (Å²) in [6.07, 6.45) is 5.30. The molecule has 1 heterocycles. The summed E-state index contributed by atoms with van der Waals surface area (Å²) in [5, 5.41) is 3.85. The number of benzene rings is 1. The molecular formula is C15H18N2O3S. The van der Waals surface area contributed by atoms with E-state index in [9.17, 15) is 8.42 Å². The van der Waals surface area contributed by atoms with Gasteiger partial charge in [-0.05, 0) is 18.4 Å². The van der Waals surface area contributed by atoms with E-state index in [-0.39, 0.29) is 17.0 Å². The summed E-state index contributed by atoms with van der Waals surface area (Å²) in [5.41, 5.74) is 0.904. The van der Waals surface area contributed by atoms with Crippen LogP contribution in [0.5, 0.6) is 0 Å². The first kappa shape index (κ1) is 14.3. The molecule has 0 spiro atoms. The van der Waals surface area contributed by atoms with Crippen molar-refractivity contribution in [3.63, 3.8) is 0 Å². The lowest BCUT2D eigenvalue weighted by Crippen LogP contribution is -2.24. The summed E-state index contributed by atoms with van der Waals surface area (Å²) in [4.78, 5) is 4.37. The van der Waals surface area contributed by atoms with E-state index in [0.29, 0.717) is 5.89 Å². The summed E-state index contributed by atoms with van der Waals surface area (Å²) < 4.78 is 28.1. The largest absolute Gasteiger partial charge is 0.338 e. The summed E-state index contributed by atoms with van der Waals surface area (Å²) in [6, 6.07) is 10.1. The zero-order chi connectivity index (χ0) is 14.9. The first-order chi connectivity index (χ1) is 10.00. The normalized spacial score (nSPS) is 18.0. The van der Waals surface area contributed by atoms with Gasteiger partial charge in [0.05, 0.1) is 5.41 Å². The van der Waals surface area contributed by atoms with Gasteiger partial charge in [-0.2, -0.15) is 4.98 Å². The van der Waals surface area contributed by atoms with Crippen LogP contribution in [-0.4, -0.2) is 24.8 Å². The van der Waals surface area contributed by atoms with Gasteiger partial charge in [-0.15, -0.1) is 0 Å².